The van der Waals surface area contributed by atoms with Gasteiger partial charge < -0.3 is 5.11 Å². The molecule has 1 heterocycles. The first-order valence-electron chi connectivity index (χ1n) is 10.9. The van der Waals surface area contributed by atoms with Crippen LogP contribution in [0.4, 0.5) is 4.39 Å². The van der Waals surface area contributed by atoms with Crippen LogP contribution in [0.2, 0.25) is 0 Å². The van der Waals surface area contributed by atoms with Crippen molar-refractivity contribution >= 4 is 0 Å². The van der Waals surface area contributed by atoms with Crippen molar-refractivity contribution in [3.63, 3.8) is 0 Å². The smallest absolute Gasteiger partial charge is 0.127 e. The van der Waals surface area contributed by atoms with E-state index in [4.69, 9.17) is 0 Å². The first kappa shape index (κ1) is 17.4. The molecule has 0 amide bonds. The van der Waals surface area contributed by atoms with Gasteiger partial charge in [-0.25, -0.2) is 4.39 Å². The highest BCUT2D eigenvalue weighted by Crippen LogP contribution is 2.64. The highest BCUT2D eigenvalue weighted by Gasteiger charge is 2.60. The van der Waals surface area contributed by atoms with Crippen molar-refractivity contribution in [3.8, 4) is 0 Å². The number of nitrogens with zero attached hydrogens (tertiary/aromatic N) is 1. The summed E-state index contributed by atoms with van der Waals surface area (Å²) < 4.78 is 14.4. The number of alkyl halides is 1. The average Bonchev–Trinajstić information content (AvgIpc) is 3.23. The molecule has 5 rings (SSSR count). The number of aliphatic hydroxyl groups is 1. The normalized spacial score (nSPS) is 53.8. The van der Waals surface area contributed by atoms with E-state index in [1.165, 1.54) is 32.4 Å². The van der Waals surface area contributed by atoms with Gasteiger partial charge in [-0.05, 0) is 81.2 Å². The molecule has 0 spiro atoms. The van der Waals surface area contributed by atoms with Crippen molar-refractivity contribution in [2.75, 3.05) is 13.1 Å². The lowest BCUT2D eigenvalue weighted by Crippen LogP contribution is -2.51. The van der Waals surface area contributed by atoms with E-state index >= 15 is 0 Å². The van der Waals surface area contributed by atoms with Crippen LogP contribution in [0.15, 0.2) is 23.8 Å². The van der Waals surface area contributed by atoms with Gasteiger partial charge in [0.05, 0.1) is 6.10 Å². The number of aliphatic hydroxyl groups excluding tert-OH is 1. The van der Waals surface area contributed by atoms with E-state index in [0.29, 0.717) is 30.2 Å². The molecule has 0 radical (unpaired) electrons. The third-order valence-corrected chi connectivity index (χ3v) is 9.17. The van der Waals surface area contributed by atoms with E-state index in [2.05, 4.69) is 37.0 Å². The summed E-state index contributed by atoms with van der Waals surface area (Å²) in [6.07, 6.45) is 13.4. The summed E-state index contributed by atoms with van der Waals surface area (Å²) in [6, 6.07) is 0.589. The minimum absolute atomic E-state index is 0.153. The molecule has 26 heavy (non-hydrogen) atoms. The molecule has 4 aliphatic carbocycles. The molecule has 1 N–H and O–H groups in total. The van der Waals surface area contributed by atoms with Crippen LogP contribution >= 0.6 is 0 Å². The molecule has 3 heteroatoms. The average molecular weight is 360 g/mol. The lowest BCUT2D eigenvalue weighted by atomic mass is 9.49. The third kappa shape index (κ3) is 2.29. The van der Waals surface area contributed by atoms with Crippen LogP contribution < -0.4 is 0 Å². The molecule has 3 fully saturated rings. The Bertz CT molecular complexity index is 638. The molecule has 1 saturated heterocycles. The molecule has 0 aromatic rings. The maximum absolute atomic E-state index is 14.4. The predicted octanol–water partition coefficient (Wildman–Crippen LogP) is 4.50. The topological polar surface area (TPSA) is 23.5 Å². The number of halogens is 1. The fraction of sp³-hybridized carbons (Fsp3) is 0.826. The van der Waals surface area contributed by atoms with Crippen molar-refractivity contribution in [3.05, 3.63) is 23.8 Å². The van der Waals surface area contributed by atoms with E-state index in [9.17, 15) is 9.50 Å². The van der Waals surface area contributed by atoms with Crippen LogP contribution in [0.5, 0.6) is 0 Å². The monoisotopic (exact) mass is 359 g/mol. The number of rotatable bonds is 1. The summed E-state index contributed by atoms with van der Waals surface area (Å²) >= 11 is 0. The van der Waals surface area contributed by atoms with Crippen LogP contribution in [0.25, 0.3) is 0 Å². The van der Waals surface area contributed by atoms with Gasteiger partial charge in [0.1, 0.15) is 6.17 Å². The Morgan fingerprint density at radius 1 is 1.19 bits per heavy atom. The van der Waals surface area contributed by atoms with Gasteiger partial charge in [0.15, 0.2) is 0 Å². The zero-order valence-corrected chi connectivity index (χ0v) is 16.3. The summed E-state index contributed by atoms with van der Waals surface area (Å²) in [5.41, 5.74) is 1.58. The van der Waals surface area contributed by atoms with Gasteiger partial charge >= 0.3 is 0 Å². The van der Waals surface area contributed by atoms with Crippen LogP contribution in [0.3, 0.4) is 0 Å². The summed E-state index contributed by atoms with van der Waals surface area (Å²) in [4.78, 5) is 2.65. The highest BCUT2D eigenvalue weighted by molar-refractivity contribution is 5.34. The van der Waals surface area contributed by atoms with E-state index in [0.717, 1.165) is 19.3 Å². The second-order valence-corrected chi connectivity index (χ2v) is 10.2. The van der Waals surface area contributed by atoms with Crippen molar-refractivity contribution in [2.45, 2.75) is 77.1 Å². The van der Waals surface area contributed by atoms with Gasteiger partial charge in [0.25, 0.3) is 0 Å². The Morgan fingerprint density at radius 2 is 1.96 bits per heavy atom. The van der Waals surface area contributed by atoms with Gasteiger partial charge in [0, 0.05) is 11.5 Å². The number of allylic oxidation sites excluding steroid dienone is 2. The summed E-state index contributed by atoms with van der Waals surface area (Å²) in [7, 11) is 0. The Balaban J connectivity index is 1.43. The standard InChI is InChI=1S/C23H34FNO/c1-22-9-7-16(25-11-3-4-12-25)13-15(22)5-6-17-18(22)8-10-23(2)19(17)14-20(24)21(23)26/h5,7,9,16-21,26H,3-4,6,8,10-14H2,1-2H3/t16?,17-,18-,19+,20?,21?,22+,23+/m1/s1. The Labute approximate surface area is 157 Å². The molecule has 0 aromatic carbocycles. The number of hydrogen-bond donors (Lipinski definition) is 1. The maximum Gasteiger partial charge on any atom is 0.127 e. The number of hydrogen-bond acceptors (Lipinski definition) is 2. The molecule has 0 bridgehead atoms. The molecule has 5 aliphatic rings. The number of likely N-dealkylation sites (tertiary alicyclic amines) is 1. The third-order valence-electron chi connectivity index (χ3n) is 9.17. The molecule has 1 aliphatic heterocycles. The molecule has 0 aromatic heterocycles. The van der Waals surface area contributed by atoms with Crippen molar-refractivity contribution < 1.29 is 9.50 Å². The van der Waals surface area contributed by atoms with Gasteiger partial charge in [-0.2, -0.15) is 0 Å². The lowest BCUT2D eigenvalue weighted by Gasteiger charge is -2.56. The zero-order valence-electron chi connectivity index (χ0n) is 16.3. The van der Waals surface area contributed by atoms with Crippen molar-refractivity contribution in [2.24, 2.45) is 28.6 Å². The fourth-order valence-electron chi connectivity index (χ4n) is 7.50. The minimum atomic E-state index is -1.02. The maximum atomic E-state index is 14.4. The molecule has 3 unspecified atom stereocenters. The van der Waals surface area contributed by atoms with E-state index in [1.807, 2.05) is 0 Å². The molecule has 8 atom stereocenters. The van der Waals surface area contributed by atoms with Crippen molar-refractivity contribution in [1.29, 1.82) is 0 Å². The molecular weight excluding hydrogens is 325 g/mol. The minimum Gasteiger partial charge on any atom is -0.390 e. The highest BCUT2D eigenvalue weighted by atomic mass is 19.1. The first-order chi connectivity index (χ1) is 12.4. The fourth-order valence-corrected chi connectivity index (χ4v) is 7.50. The Morgan fingerprint density at radius 3 is 2.73 bits per heavy atom. The first-order valence-corrected chi connectivity index (χ1v) is 10.9. The lowest BCUT2D eigenvalue weighted by molar-refractivity contribution is -0.0623. The van der Waals surface area contributed by atoms with Gasteiger partial charge in [-0.1, -0.05) is 37.6 Å². The van der Waals surface area contributed by atoms with Crippen LogP contribution in [0.1, 0.15) is 58.8 Å². The largest absolute Gasteiger partial charge is 0.390 e. The van der Waals surface area contributed by atoms with Gasteiger partial charge in [-0.3, -0.25) is 4.90 Å². The van der Waals surface area contributed by atoms with Gasteiger partial charge in [0.2, 0.25) is 0 Å². The van der Waals surface area contributed by atoms with Gasteiger partial charge in [-0.15, -0.1) is 0 Å². The van der Waals surface area contributed by atoms with Crippen LogP contribution in [0, 0.1) is 28.6 Å². The molecule has 2 nitrogen and oxygen atoms in total. The Kier molecular flexibility index (Phi) is 3.96. The second-order valence-electron chi connectivity index (χ2n) is 10.2. The van der Waals surface area contributed by atoms with E-state index < -0.39 is 12.3 Å². The molecular formula is C23H34FNO. The Hall–Kier alpha value is -0.670. The summed E-state index contributed by atoms with van der Waals surface area (Å²) in [5, 5.41) is 10.5. The van der Waals surface area contributed by atoms with Crippen LogP contribution in [-0.2, 0) is 0 Å². The number of fused-ring (bicyclic) bond motifs is 5. The molecule has 2 saturated carbocycles. The SMILES string of the molecule is C[C@]12C=CC(N3CCCC3)CC1=CC[C@@H]1[C@H]2CC[C@]2(C)C(O)C(F)C[C@@H]12. The quantitative estimate of drug-likeness (QED) is 0.697. The summed E-state index contributed by atoms with van der Waals surface area (Å²) in [6.45, 7) is 7.09. The predicted molar refractivity (Wildman–Crippen MR) is 102 cm³/mol. The zero-order chi connectivity index (χ0) is 18.1. The van der Waals surface area contributed by atoms with Crippen molar-refractivity contribution in [1.82, 2.24) is 4.90 Å². The van der Waals surface area contributed by atoms with Crippen LogP contribution in [-0.4, -0.2) is 41.4 Å². The second kappa shape index (κ2) is 5.91. The summed E-state index contributed by atoms with van der Waals surface area (Å²) in [5.74, 6) is 1.49. The molecule has 144 valence electrons. The van der Waals surface area contributed by atoms with E-state index in [1.54, 1.807) is 5.57 Å². The van der Waals surface area contributed by atoms with E-state index in [-0.39, 0.29) is 10.8 Å².